The number of carbonyl (C=O) groups excluding carboxylic acids is 1. The van der Waals surface area contributed by atoms with Gasteiger partial charge in [0, 0.05) is 64.1 Å². The van der Waals surface area contributed by atoms with E-state index in [0.717, 1.165) is 32.0 Å². The van der Waals surface area contributed by atoms with Gasteiger partial charge in [-0.1, -0.05) is 0 Å². The third-order valence-corrected chi connectivity index (χ3v) is 3.83. The SMILES string of the molecule is O=C(NCCCn1ccnc1)N1CCN(c2ncccn2)CC1. The summed E-state index contributed by atoms with van der Waals surface area (Å²) in [7, 11) is 0. The first-order chi connectivity index (χ1) is 11.3. The number of urea groups is 1. The summed E-state index contributed by atoms with van der Waals surface area (Å²) in [6, 6.07) is 1.81. The third kappa shape index (κ3) is 4.18. The molecule has 0 bridgehead atoms. The quantitative estimate of drug-likeness (QED) is 0.817. The van der Waals surface area contributed by atoms with E-state index in [0.29, 0.717) is 19.6 Å². The Kier molecular flexibility index (Phi) is 5.02. The maximum absolute atomic E-state index is 12.1. The van der Waals surface area contributed by atoms with Gasteiger partial charge in [-0.3, -0.25) is 0 Å². The van der Waals surface area contributed by atoms with Gasteiger partial charge in [-0.2, -0.15) is 0 Å². The van der Waals surface area contributed by atoms with Gasteiger partial charge in [0.15, 0.2) is 0 Å². The molecule has 0 spiro atoms. The van der Waals surface area contributed by atoms with E-state index in [-0.39, 0.29) is 6.03 Å². The standard InChI is InChI=1S/C15H21N7O/c23-15(19-5-2-7-20-8-6-16-13-20)22-11-9-21(10-12-22)14-17-3-1-4-18-14/h1,3-4,6,8,13H,2,5,7,9-12H2,(H,19,23). The van der Waals surface area contributed by atoms with E-state index in [1.54, 1.807) is 31.0 Å². The first kappa shape index (κ1) is 15.3. The number of nitrogens with one attached hydrogen (secondary N) is 1. The van der Waals surface area contributed by atoms with Gasteiger partial charge in [0.2, 0.25) is 5.95 Å². The molecule has 122 valence electrons. The summed E-state index contributed by atoms with van der Waals surface area (Å²) in [5, 5.41) is 2.97. The Hall–Kier alpha value is -2.64. The topological polar surface area (TPSA) is 79.2 Å². The molecule has 1 saturated heterocycles. The lowest BCUT2D eigenvalue weighted by Gasteiger charge is -2.34. The van der Waals surface area contributed by atoms with Crippen molar-refractivity contribution in [3.05, 3.63) is 37.2 Å². The van der Waals surface area contributed by atoms with Crippen LogP contribution >= 0.6 is 0 Å². The molecule has 23 heavy (non-hydrogen) atoms. The highest BCUT2D eigenvalue weighted by atomic mass is 16.2. The molecule has 1 aliphatic heterocycles. The molecule has 0 aromatic carbocycles. The minimum absolute atomic E-state index is 0.00395. The smallest absolute Gasteiger partial charge is 0.317 e. The Morgan fingerprint density at radius 1 is 1.13 bits per heavy atom. The van der Waals surface area contributed by atoms with Crippen LogP contribution in [0.25, 0.3) is 0 Å². The molecule has 2 aromatic rings. The maximum Gasteiger partial charge on any atom is 0.317 e. The largest absolute Gasteiger partial charge is 0.338 e. The van der Waals surface area contributed by atoms with Crippen LogP contribution in [0, 0.1) is 0 Å². The zero-order valence-electron chi connectivity index (χ0n) is 13.0. The second kappa shape index (κ2) is 7.57. The molecular formula is C15H21N7O. The van der Waals surface area contributed by atoms with Gasteiger partial charge in [-0.05, 0) is 12.5 Å². The summed E-state index contributed by atoms with van der Waals surface area (Å²) in [5.41, 5.74) is 0. The van der Waals surface area contributed by atoms with Crippen LogP contribution in [0.3, 0.4) is 0 Å². The molecule has 1 N–H and O–H groups in total. The monoisotopic (exact) mass is 315 g/mol. The van der Waals surface area contributed by atoms with Gasteiger partial charge < -0.3 is 19.7 Å². The Morgan fingerprint density at radius 2 is 1.91 bits per heavy atom. The Morgan fingerprint density at radius 3 is 2.61 bits per heavy atom. The van der Waals surface area contributed by atoms with Crippen LogP contribution in [0.4, 0.5) is 10.7 Å². The first-order valence-corrected chi connectivity index (χ1v) is 7.83. The van der Waals surface area contributed by atoms with Crippen LogP contribution in [-0.4, -0.2) is 63.2 Å². The molecule has 0 aliphatic carbocycles. The van der Waals surface area contributed by atoms with Crippen molar-refractivity contribution < 1.29 is 4.79 Å². The molecule has 2 aromatic heterocycles. The number of carbonyl (C=O) groups is 1. The lowest BCUT2D eigenvalue weighted by Crippen LogP contribution is -2.52. The van der Waals surface area contributed by atoms with Gasteiger partial charge in [-0.15, -0.1) is 0 Å². The summed E-state index contributed by atoms with van der Waals surface area (Å²) in [5.74, 6) is 0.730. The fraction of sp³-hybridized carbons (Fsp3) is 0.467. The number of hydrogen-bond acceptors (Lipinski definition) is 5. The highest BCUT2D eigenvalue weighted by molar-refractivity contribution is 5.74. The average molecular weight is 315 g/mol. The van der Waals surface area contributed by atoms with Gasteiger partial charge >= 0.3 is 6.03 Å². The van der Waals surface area contributed by atoms with E-state index >= 15 is 0 Å². The summed E-state index contributed by atoms with van der Waals surface area (Å²) in [6.45, 7) is 4.41. The molecule has 3 heterocycles. The number of anilines is 1. The number of aromatic nitrogens is 4. The number of piperazine rings is 1. The lowest BCUT2D eigenvalue weighted by atomic mass is 10.3. The van der Waals surface area contributed by atoms with Crippen molar-refractivity contribution in [2.75, 3.05) is 37.6 Å². The predicted octanol–water partition coefficient (Wildman–Crippen LogP) is 0.595. The van der Waals surface area contributed by atoms with Crippen molar-refractivity contribution >= 4 is 12.0 Å². The molecule has 0 unspecified atom stereocenters. The summed E-state index contributed by atoms with van der Waals surface area (Å²) >= 11 is 0. The van der Waals surface area contributed by atoms with Crippen molar-refractivity contribution in [1.82, 2.24) is 29.7 Å². The lowest BCUT2D eigenvalue weighted by molar-refractivity contribution is 0.194. The van der Waals surface area contributed by atoms with Crippen LogP contribution < -0.4 is 10.2 Å². The molecule has 8 heteroatoms. The molecule has 0 saturated carbocycles. The molecule has 1 fully saturated rings. The number of amides is 2. The Labute approximate surface area is 135 Å². The van der Waals surface area contributed by atoms with Crippen molar-refractivity contribution in [1.29, 1.82) is 0 Å². The molecule has 0 radical (unpaired) electrons. The van der Waals surface area contributed by atoms with Crippen LogP contribution in [0.2, 0.25) is 0 Å². The normalized spacial score (nSPS) is 14.8. The van der Waals surface area contributed by atoms with E-state index in [2.05, 4.69) is 25.2 Å². The van der Waals surface area contributed by atoms with Crippen LogP contribution in [0.1, 0.15) is 6.42 Å². The van der Waals surface area contributed by atoms with Crippen molar-refractivity contribution in [3.8, 4) is 0 Å². The van der Waals surface area contributed by atoms with Crippen molar-refractivity contribution in [2.24, 2.45) is 0 Å². The number of rotatable bonds is 5. The van der Waals surface area contributed by atoms with E-state index in [4.69, 9.17) is 0 Å². The molecule has 0 atom stereocenters. The number of imidazole rings is 1. The van der Waals surface area contributed by atoms with Gasteiger partial charge in [0.05, 0.1) is 6.33 Å². The van der Waals surface area contributed by atoms with E-state index < -0.39 is 0 Å². The minimum atomic E-state index is 0.00395. The number of nitrogens with zero attached hydrogens (tertiary/aromatic N) is 6. The molecule has 3 rings (SSSR count). The zero-order chi connectivity index (χ0) is 15.9. The summed E-state index contributed by atoms with van der Waals surface area (Å²) in [6.07, 6.45) is 9.83. The Balaban J connectivity index is 1.36. The predicted molar refractivity (Wildman–Crippen MR) is 86.1 cm³/mol. The maximum atomic E-state index is 12.1. The Bertz CT molecular complexity index is 594. The van der Waals surface area contributed by atoms with E-state index in [1.807, 2.05) is 15.7 Å². The summed E-state index contributed by atoms with van der Waals surface area (Å²) < 4.78 is 2.00. The fourth-order valence-corrected chi connectivity index (χ4v) is 2.55. The molecule has 1 aliphatic rings. The number of aryl methyl sites for hydroxylation is 1. The van der Waals surface area contributed by atoms with Gasteiger partial charge in [-0.25, -0.2) is 19.7 Å². The summed E-state index contributed by atoms with van der Waals surface area (Å²) in [4.78, 5) is 28.6. The van der Waals surface area contributed by atoms with Crippen LogP contribution in [0.15, 0.2) is 37.2 Å². The van der Waals surface area contributed by atoms with Crippen molar-refractivity contribution in [2.45, 2.75) is 13.0 Å². The molecule has 8 nitrogen and oxygen atoms in total. The third-order valence-electron chi connectivity index (χ3n) is 3.83. The van der Waals surface area contributed by atoms with Gasteiger partial charge in [0.1, 0.15) is 0 Å². The van der Waals surface area contributed by atoms with E-state index in [9.17, 15) is 4.79 Å². The molecular weight excluding hydrogens is 294 g/mol. The first-order valence-electron chi connectivity index (χ1n) is 7.83. The fourth-order valence-electron chi connectivity index (χ4n) is 2.55. The van der Waals surface area contributed by atoms with Crippen LogP contribution in [0.5, 0.6) is 0 Å². The van der Waals surface area contributed by atoms with Gasteiger partial charge in [0.25, 0.3) is 0 Å². The molecule has 2 amide bonds. The highest BCUT2D eigenvalue weighted by Gasteiger charge is 2.21. The zero-order valence-corrected chi connectivity index (χ0v) is 13.0. The number of hydrogen-bond donors (Lipinski definition) is 1. The van der Waals surface area contributed by atoms with Crippen LogP contribution in [-0.2, 0) is 6.54 Å². The average Bonchev–Trinajstić information content (AvgIpc) is 3.13. The second-order valence-electron chi connectivity index (χ2n) is 5.41. The van der Waals surface area contributed by atoms with Crippen molar-refractivity contribution in [3.63, 3.8) is 0 Å². The van der Waals surface area contributed by atoms with E-state index in [1.165, 1.54) is 0 Å². The second-order valence-corrected chi connectivity index (χ2v) is 5.41. The highest BCUT2D eigenvalue weighted by Crippen LogP contribution is 2.09. The minimum Gasteiger partial charge on any atom is -0.338 e.